The zero-order valence-electron chi connectivity index (χ0n) is 9.79. The largest absolute Gasteiger partial charge is 0.375 e. The summed E-state index contributed by atoms with van der Waals surface area (Å²) >= 11 is 0. The minimum absolute atomic E-state index is 0.444. The molecule has 2 heteroatoms. The number of hydrogen-bond acceptors (Lipinski definition) is 2. The zero-order chi connectivity index (χ0) is 10.5. The highest BCUT2D eigenvalue weighted by molar-refractivity contribution is 4.76. The van der Waals surface area contributed by atoms with Crippen LogP contribution in [-0.2, 0) is 4.74 Å². The zero-order valence-corrected chi connectivity index (χ0v) is 9.79. The first-order valence-electron chi connectivity index (χ1n) is 6.75. The minimum Gasteiger partial charge on any atom is -0.375 e. The first-order chi connectivity index (χ1) is 7.34. The van der Waals surface area contributed by atoms with Gasteiger partial charge in [-0.1, -0.05) is 25.7 Å². The molecule has 0 unspecified atom stereocenters. The monoisotopic (exact) mass is 211 g/mol. The lowest BCUT2D eigenvalue weighted by Crippen LogP contribution is -2.32. The summed E-state index contributed by atoms with van der Waals surface area (Å²) in [5, 5.41) is 0. The second-order valence-corrected chi connectivity index (χ2v) is 5.29. The highest BCUT2D eigenvalue weighted by Gasteiger charge is 2.22. The molecule has 2 aliphatic carbocycles. The molecule has 0 aromatic carbocycles. The maximum absolute atomic E-state index is 6.20. The van der Waals surface area contributed by atoms with Gasteiger partial charge in [0.05, 0.1) is 12.2 Å². The molecule has 2 N–H and O–H groups in total. The average Bonchev–Trinajstić information content (AvgIpc) is 2.50. The van der Waals surface area contributed by atoms with Crippen LogP contribution < -0.4 is 5.73 Å². The molecular weight excluding hydrogens is 186 g/mol. The highest BCUT2D eigenvalue weighted by atomic mass is 16.5. The van der Waals surface area contributed by atoms with E-state index in [-0.39, 0.29) is 0 Å². The fourth-order valence-electron chi connectivity index (χ4n) is 2.87. The first kappa shape index (κ1) is 11.4. The molecule has 88 valence electrons. The first-order valence-corrected chi connectivity index (χ1v) is 6.75. The van der Waals surface area contributed by atoms with E-state index < -0.39 is 0 Å². The molecule has 0 aromatic rings. The summed E-state index contributed by atoms with van der Waals surface area (Å²) < 4.78 is 6.20. The van der Waals surface area contributed by atoms with Crippen molar-refractivity contribution in [1.82, 2.24) is 0 Å². The topological polar surface area (TPSA) is 35.2 Å². The van der Waals surface area contributed by atoms with Crippen molar-refractivity contribution in [2.75, 3.05) is 0 Å². The van der Waals surface area contributed by atoms with Crippen LogP contribution in [0.5, 0.6) is 0 Å². The second-order valence-electron chi connectivity index (χ2n) is 5.29. The third-order valence-corrected chi connectivity index (χ3v) is 3.91. The Kier molecular flexibility index (Phi) is 4.45. The van der Waals surface area contributed by atoms with Gasteiger partial charge in [-0.25, -0.2) is 0 Å². The Morgan fingerprint density at radius 1 is 0.667 bits per heavy atom. The molecule has 0 atom stereocenters. The Bertz CT molecular complexity index is 167. The van der Waals surface area contributed by atoms with Crippen molar-refractivity contribution in [3.8, 4) is 0 Å². The summed E-state index contributed by atoms with van der Waals surface area (Å²) in [6.45, 7) is 0. The average molecular weight is 211 g/mol. The maximum atomic E-state index is 6.20. The molecule has 2 fully saturated rings. The molecule has 0 saturated heterocycles. The van der Waals surface area contributed by atoms with Gasteiger partial charge in [0.15, 0.2) is 0 Å². The molecule has 0 amide bonds. The molecule has 0 spiro atoms. The summed E-state index contributed by atoms with van der Waals surface area (Å²) in [7, 11) is 0. The van der Waals surface area contributed by atoms with Crippen molar-refractivity contribution in [2.24, 2.45) is 5.73 Å². The van der Waals surface area contributed by atoms with Crippen molar-refractivity contribution in [1.29, 1.82) is 0 Å². The summed E-state index contributed by atoms with van der Waals surface area (Å²) in [5.41, 5.74) is 5.90. The van der Waals surface area contributed by atoms with Crippen LogP contribution in [-0.4, -0.2) is 18.2 Å². The summed E-state index contributed by atoms with van der Waals surface area (Å²) in [5.74, 6) is 0. The van der Waals surface area contributed by atoms with Crippen molar-refractivity contribution in [3.63, 3.8) is 0 Å². The van der Waals surface area contributed by atoms with Gasteiger partial charge in [0.25, 0.3) is 0 Å². The normalized spacial score (nSPS) is 35.0. The lowest BCUT2D eigenvalue weighted by Gasteiger charge is -2.29. The molecule has 0 aromatic heterocycles. The predicted octanol–water partition coefficient (Wildman–Crippen LogP) is 3.00. The SMILES string of the molecule is NC1CCC(OC2CCCCCC2)CC1. The summed E-state index contributed by atoms with van der Waals surface area (Å²) in [4.78, 5) is 0. The van der Waals surface area contributed by atoms with E-state index in [0.717, 1.165) is 12.8 Å². The van der Waals surface area contributed by atoms with E-state index in [1.165, 1.54) is 51.4 Å². The maximum Gasteiger partial charge on any atom is 0.0580 e. The van der Waals surface area contributed by atoms with Gasteiger partial charge < -0.3 is 10.5 Å². The van der Waals surface area contributed by atoms with Crippen LogP contribution in [0.4, 0.5) is 0 Å². The molecule has 0 heterocycles. The smallest absolute Gasteiger partial charge is 0.0580 e. The number of ether oxygens (including phenoxy) is 1. The number of hydrogen-bond donors (Lipinski definition) is 1. The number of nitrogens with two attached hydrogens (primary N) is 1. The van der Waals surface area contributed by atoms with Crippen LogP contribution in [0.2, 0.25) is 0 Å². The Balaban J connectivity index is 1.70. The lowest BCUT2D eigenvalue weighted by molar-refractivity contribution is -0.0378. The Morgan fingerprint density at radius 2 is 1.20 bits per heavy atom. The van der Waals surface area contributed by atoms with E-state index in [0.29, 0.717) is 18.2 Å². The molecular formula is C13H25NO. The summed E-state index contributed by atoms with van der Waals surface area (Å²) in [6, 6.07) is 0.444. The van der Waals surface area contributed by atoms with Crippen LogP contribution in [0, 0.1) is 0 Å². The van der Waals surface area contributed by atoms with Gasteiger partial charge in [0, 0.05) is 6.04 Å². The fourth-order valence-corrected chi connectivity index (χ4v) is 2.87. The van der Waals surface area contributed by atoms with Crippen LogP contribution in [0.3, 0.4) is 0 Å². The van der Waals surface area contributed by atoms with Gasteiger partial charge in [-0.3, -0.25) is 0 Å². The Hall–Kier alpha value is -0.0800. The van der Waals surface area contributed by atoms with Gasteiger partial charge >= 0.3 is 0 Å². The van der Waals surface area contributed by atoms with Crippen LogP contribution >= 0.6 is 0 Å². The van der Waals surface area contributed by atoms with E-state index in [4.69, 9.17) is 10.5 Å². The van der Waals surface area contributed by atoms with Gasteiger partial charge in [-0.15, -0.1) is 0 Å². The van der Waals surface area contributed by atoms with Crippen LogP contribution in [0.25, 0.3) is 0 Å². The van der Waals surface area contributed by atoms with Crippen LogP contribution in [0.1, 0.15) is 64.2 Å². The van der Waals surface area contributed by atoms with E-state index in [1.54, 1.807) is 0 Å². The molecule has 2 saturated carbocycles. The Labute approximate surface area is 93.6 Å². The Morgan fingerprint density at radius 3 is 1.80 bits per heavy atom. The highest BCUT2D eigenvalue weighted by Crippen LogP contribution is 2.26. The van der Waals surface area contributed by atoms with Gasteiger partial charge in [0.1, 0.15) is 0 Å². The third kappa shape index (κ3) is 3.76. The molecule has 15 heavy (non-hydrogen) atoms. The molecule has 0 radical (unpaired) electrons. The van der Waals surface area contributed by atoms with Gasteiger partial charge in [0.2, 0.25) is 0 Å². The number of rotatable bonds is 2. The lowest BCUT2D eigenvalue weighted by atomic mass is 9.93. The van der Waals surface area contributed by atoms with E-state index in [9.17, 15) is 0 Å². The second kappa shape index (κ2) is 5.86. The third-order valence-electron chi connectivity index (χ3n) is 3.91. The van der Waals surface area contributed by atoms with Crippen LogP contribution in [0.15, 0.2) is 0 Å². The van der Waals surface area contributed by atoms with E-state index in [1.807, 2.05) is 0 Å². The molecule has 2 aliphatic rings. The molecule has 2 nitrogen and oxygen atoms in total. The standard InChI is InChI=1S/C13H25NO/c14-11-7-9-13(10-8-11)15-12-5-3-1-2-4-6-12/h11-13H,1-10,14H2. The molecule has 0 bridgehead atoms. The molecule has 0 aliphatic heterocycles. The predicted molar refractivity (Wildman–Crippen MR) is 62.8 cm³/mol. The quantitative estimate of drug-likeness (QED) is 0.713. The van der Waals surface area contributed by atoms with E-state index >= 15 is 0 Å². The van der Waals surface area contributed by atoms with Gasteiger partial charge in [-0.2, -0.15) is 0 Å². The van der Waals surface area contributed by atoms with Crippen molar-refractivity contribution in [3.05, 3.63) is 0 Å². The van der Waals surface area contributed by atoms with Gasteiger partial charge in [-0.05, 0) is 38.5 Å². The fraction of sp³-hybridized carbons (Fsp3) is 1.00. The van der Waals surface area contributed by atoms with Crippen molar-refractivity contribution >= 4 is 0 Å². The van der Waals surface area contributed by atoms with Crippen molar-refractivity contribution < 1.29 is 4.74 Å². The van der Waals surface area contributed by atoms with Crippen molar-refractivity contribution in [2.45, 2.75) is 82.5 Å². The molecule has 2 rings (SSSR count). The summed E-state index contributed by atoms with van der Waals surface area (Å²) in [6.07, 6.45) is 14.0. The van der Waals surface area contributed by atoms with E-state index in [2.05, 4.69) is 0 Å². The minimum atomic E-state index is 0.444.